The zero-order valence-corrected chi connectivity index (χ0v) is 9.64. The fraction of sp³-hybridized carbons (Fsp3) is 0.385. The highest BCUT2D eigenvalue weighted by Gasteiger charge is 1.99. The van der Waals surface area contributed by atoms with E-state index in [9.17, 15) is 0 Å². The maximum Gasteiger partial charge on any atom is 0.0406 e. The van der Waals surface area contributed by atoms with Gasteiger partial charge in [0.15, 0.2) is 0 Å². The van der Waals surface area contributed by atoms with E-state index in [0.717, 1.165) is 17.9 Å². The lowest BCUT2D eigenvalue weighted by atomic mass is 10.0. The number of hydrogen-bond acceptors (Lipinski definition) is 0. The Morgan fingerprint density at radius 3 is 2.36 bits per heavy atom. The molecule has 0 atom stereocenters. The van der Waals surface area contributed by atoms with Crippen LogP contribution >= 0.6 is 11.6 Å². The second-order valence-corrected chi connectivity index (χ2v) is 3.83. The molecule has 0 saturated heterocycles. The predicted octanol–water partition coefficient (Wildman–Crippen LogP) is 4.93. The van der Waals surface area contributed by atoms with E-state index in [1.807, 2.05) is 12.1 Å². The van der Waals surface area contributed by atoms with E-state index < -0.39 is 0 Å². The van der Waals surface area contributed by atoms with Gasteiger partial charge >= 0.3 is 0 Å². The van der Waals surface area contributed by atoms with Crippen molar-refractivity contribution in [3.05, 3.63) is 40.9 Å². The summed E-state index contributed by atoms with van der Waals surface area (Å²) in [5.41, 5.74) is 2.74. The Hall–Kier alpha value is -0.750. The van der Waals surface area contributed by atoms with E-state index in [4.69, 9.17) is 11.6 Å². The van der Waals surface area contributed by atoms with Gasteiger partial charge in [-0.05, 0) is 36.1 Å². The van der Waals surface area contributed by atoms with Gasteiger partial charge in [0.25, 0.3) is 0 Å². The van der Waals surface area contributed by atoms with Gasteiger partial charge in [0.05, 0.1) is 0 Å². The standard InChI is InChI=1S/C13H17Cl/c1-3-5-11(6-4-2)12-7-9-13(14)10-8-12/h5,7-10H,3-4,6H2,1-2H3. The molecule has 76 valence electrons. The average Bonchev–Trinajstić information content (AvgIpc) is 2.19. The zero-order chi connectivity index (χ0) is 10.4. The number of allylic oxidation sites excluding steroid dienone is 2. The Balaban J connectivity index is 2.88. The van der Waals surface area contributed by atoms with Crippen LogP contribution in [0.5, 0.6) is 0 Å². The van der Waals surface area contributed by atoms with Gasteiger partial charge in [0, 0.05) is 5.02 Å². The largest absolute Gasteiger partial charge is 0.0843 e. The fourth-order valence-corrected chi connectivity index (χ4v) is 1.67. The minimum atomic E-state index is 0.807. The molecule has 0 nitrogen and oxygen atoms in total. The van der Waals surface area contributed by atoms with E-state index in [1.54, 1.807) is 0 Å². The summed E-state index contributed by atoms with van der Waals surface area (Å²) in [6.45, 7) is 4.38. The molecule has 0 aliphatic carbocycles. The zero-order valence-electron chi connectivity index (χ0n) is 8.89. The van der Waals surface area contributed by atoms with Gasteiger partial charge in [-0.1, -0.05) is 50.1 Å². The van der Waals surface area contributed by atoms with Crippen molar-refractivity contribution in [3.63, 3.8) is 0 Å². The number of hydrogen-bond donors (Lipinski definition) is 0. The first-order valence-electron chi connectivity index (χ1n) is 5.23. The van der Waals surface area contributed by atoms with Crippen molar-refractivity contribution in [2.45, 2.75) is 33.1 Å². The summed E-state index contributed by atoms with van der Waals surface area (Å²) in [7, 11) is 0. The molecular weight excluding hydrogens is 192 g/mol. The van der Waals surface area contributed by atoms with Gasteiger partial charge in [-0.2, -0.15) is 0 Å². The minimum Gasteiger partial charge on any atom is -0.0843 e. The Bertz CT molecular complexity index is 296. The van der Waals surface area contributed by atoms with Crippen molar-refractivity contribution >= 4 is 17.2 Å². The molecule has 14 heavy (non-hydrogen) atoms. The molecule has 0 radical (unpaired) electrons. The molecular formula is C13H17Cl. The first-order valence-corrected chi connectivity index (χ1v) is 5.60. The van der Waals surface area contributed by atoms with E-state index >= 15 is 0 Å². The van der Waals surface area contributed by atoms with Crippen LogP contribution in [0.25, 0.3) is 5.57 Å². The van der Waals surface area contributed by atoms with Gasteiger partial charge in [-0.15, -0.1) is 0 Å². The fourth-order valence-electron chi connectivity index (χ4n) is 1.54. The van der Waals surface area contributed by atoms with Crippen molar-refractivity contribution in [1.82, 2.24) is 0 Å². The lowest BCUT2D eigenvalue weighted by Crippen LogP contribution is -1.84. The van der Waals surface area contributed by atoms with Crippen molar-refractivity contribution in [2.24, 2.45) is 0 Å². The monoisotopic (exact) mass is 208 g/mol. The molecule has 1 aromatic carbocycles. The van der Waals surface area contributed by atoms with Crippen molar-refractivity contribution in [3.8, 4) is 0 Å². The van der Waals surface area contributed by atoms with Crippen molar-refractivity contribution in [1.29, 1.82) is 0 Å². The molecule has 1 heteroatoms. The maximum absolute atomic E-state index is 5.85. The number of halogens is 1. The van der Waals surface area contributed by atoms with E-state index in [-0.39, 0.29) is 0 Å². The Morgan fingerprint density at radius 1 is 1.21 bits per heavy atom. The summed E-state index contributed by atoms with van der Waals surface area (Å²) < 4.78 is 0. The molecule has 1 rings (SSSR count). The summed E-state index contributed by atoms with van der Waals surface area (Å²) in [4.78, 5) is 0. The number of benzene rings is 1. The minimum absolute atomic E-state index is 0.807. The molecule has 0 spiro atoms. The lowest BCUT2D eigenvalue weighted by molar-refractivity contribution is 0.967. The molecule has 0 fully saturated rings. The molecule has 0 unspecified atom stereocenters. The van der Waals surface area contributed by atoms with Crippen LogP contribution in [0.1, 0.15) is 38.7 Å². The van der Waals surface area contributed by atoms with Crippen LogP contribution in [0.3, 0.4) is 0 Å². The van der Waals surface area contributed by atoms with Crippen LogP contribution in [-0.4, -0.2) is 0 Å². The predicted molar refractivity (Wildman–Crippen MR) is 64.6 cm³/mol. The van der Waals surface area contributed by atoms with Gasteiger partial charge in [-0.25, -0.2) is 0 Å². The van der Waals surface area contributed by atoms with Crippen LogP contribution in [0.15, 0.2) is 30.3 Å². The highest BCUT2D eigenvalue weighted by atomic mass is 35.5. The summed E-state index contributed by atoms with van der Waals surface area (Å²) in [5, 5.41) is 0.807. The third-order valence-electron chi connectivity index (χ3n) is 2.18. The number of rotatable bonds is 4. The summed E-state index contributed by atoms with van der Waals surface area (Å²) in [6.07, 6.45) is 5.73. The third kappa shape index (κ3) is 3.19. The smallest absolute Gasteiger partial charge is 0.0406 e. The van der Waals surface area contributed by atoms with E-state index in [1.165, 1.54) is 17.6 Å². The normalized spacial score (nSPS) is 11.8. The molecule has 0 heterocycles. The van der Waals surface area contributed by atoms with Gasteiger partial charge in [0.1, 0.15) is 0 Å². The van der Waals surface area contributed by atoms with Gasteiger partial charge in [-0.3, -0.25) is 0 Å². The SMILES string of the molecule is CCC=C(CCC)c1ccc(Cl)cc1. The Morgan fingerprint density at radius 2 is 1.86 bits per heavy atom. The van der Waals surface area contributed by atoms with Crippen LogP contribution in [0.4, 0.5) is 0 Å². The molecule has 1 aromatic rings. The molecule has 0 aliphatic rings. The second-order valence-electron chi connectivity index (χ2n) is 3.39. The quantitative estimate of drug-likeness (QED) is 0.658. The highest BCUT2D eigenvalue weighted by Crippen LogP contribution is 2.22. The maximum atomic E-state index is 5.85. The summed E-state index contributed by atoms with van der Waals surface area (Å²) >= 11 is 5.85. The first kappa shape index (κ1) is 11.3. The van der Waals surface area contributed by atoms with Crippen molar-refractivity contribution < 1.29 is 0 Å². The third-order valence-corrected chi connectivity index (χ3v) is 2.44. The van der Waals surface area contributed by atoms with Crippen LogP contribution in [-0.2, 0) is 0 Å². The van der Waals surface area contributed by atoms with Gasteiger partial charge < -0.3 is 0 Å². The molecule has 0 amide bonds. The molecule has 0 saturated carbocycles. The second kappa shape index (κ2) is 5.87. The van der Waals surface area contributed by atoms with Crippen molar-refractivity contribution in [2.75, 3.05) is 0 Å². The Kier molecular flexibility index (Phi) is 4.75. The van der Waals surface area contributed by atoms with E-state index in [2.05, 4.69) is 32.1 Å². The summed E-state index contributed by atoms with van der Waals surface area (Å²) in [5.74, 6) is 0. The topological polar surface area (TPSA) is 0 Å². The van der Waals surface area contributed by atoms with E-state index in [0.29, 0.717) is 0 Å². The molecule has 0 N–H and O–H groups in total. The average molecular weight is 209 g/mol. The highest BCUT2D eigenvalue weighted by molar-refractivity contribution is 6.30. The van der Waals surface area contributed by atoms with Gasteiger partial charge in [0.2, 0.25) is 0 Å². The molecule has 0 bridgehead atoms. The van der Waals surface area contributed by atoms with Crippen LogP contribution in [0, 0.1) is 0 Å². The van der Waals surface area contributed by atoms with Crippen LogP contribution in [0.2, 0.25) is 5.02 Å². The van der Waals surface area contributed by atoms with Crippen LogP contribution < -0.4 is 0 Å². The molecule has 0 aliphatic heterocycles. The molecule has 0 aromatic heterocycles. The first-order chi connectivity index (χ1) is 6.77. The Labute approximate surface area is 91.6 Å². The lowest BCUT2D eigenvalue weighted by Gasteiger charge is -2.06. The summed E-state index contributed by atoms with van der Waals surface area (Å²) in [6, 6.07) is 8.10.